The van der Waals surface area contributed by atoms with E-state index in [1.165, 1.54) is 0 Å². The Balaban J connectivity index is 1.03. The highest BCUT2D eigenvalue weighted by Crippen LogP contribution is 2.69. The van der Waals surface area contributed by atoms with Crippen molar-refractivity contribution in [2.45, 2.75) is 153 Å². The molecular formula is C49H66O13. The molecule has 13 heteroatoms. The first-order chi connectivity index (χ1) is 29.6. The minimum Gasteiger partial charge on any atom is -0.459 e. The zero-order valence-corrected chi connectivity index (χ0v) is 37.1. The van der Waals surface area contributed by atoms with Crippen LogP contribution in [0.4, 0.5) is 0 Å². The minimum atomic E-state index is -1.36. The first-order valence-electron chi connectivity index (χ1n) is 22.6. The molecule has 0 unspecified atom stereocenters. The van der Waals surface area contributed by atoms with Gasteiger partial charge in [0.05, 0.1) is 53.9 Å². The zero-order valence-electron chi connectivity index (χ0n) is 37.1. The van der Waals surface area contributed by atoms with Crippen molar-refractivity contribution in [3.05, 3.63) is 83.4 Å². The van der Waals surface area contributed by atoms with Crippen LogP contribution in [-0.2, 0) is 37.9 Å². The fraction of sp³-hybridized carbons (Fsp3) is 0.673. The van der Waals surface area contributed by atoms with Gasteiger partial charge in [0.25, 0.3) is 0 Å². The van der Waals surface area contributed by atoms with Crippen LogP contribution < -0.4 is 0 Å². The number of aliphatic hydroxyl groups is 3. The molecule has 13 nitrogen and oxygen atoms in total. The molecule has 0 aromatic heterocycles. The summed E-state index contributed by atoms with van der Waals surface area (Å²) in [5.74, 6) is -2.30. The van der Waals surface area contributed by atoms with Crippen LogP contribution in [0.1, 0.15) is 100 Å². The number of rotatable bonds is 11. The fourth-order valence-corrected chi connectivity index (χ4v) is 12.6. The topological polar surface area (TPSA) is 169 Å². The number of fused-ring (bicyclic) bond motifs is 5. The molecule has 6 aliphatic rings. The van der Waals surface area contributed by atoms with E-state index < -0.39 is 102 Å². The molecule has 2 aromatic rings. The predicted molar refractivity (Wildman–Crippen MR) is 226 cm³/mol. The van der Waals surface area contributed by atoms with E-state index in [0.717, 1.165) is 5.57 Å². The predicted octanol–water partition coefficient (Wildman–Crippen LogP) is 6.02. The van der Waals surface area contributed by atoms with Gasteiger partial charge in [-0.2, -0.15) is 0 Å². The van der Waals surface area contributed by atoms with Crippen LogP contribution in [0.3, 0.4) is 0 Å². The van der Waals surface area contributed by atoms with E-state index in [1.54, 1.807) is 69.7 Å². The highest BCUT2D eigenvalue weighted by atomic mass is 16.7. The molecular weight excluding hydrogens is 797 g/mol. The standard InChI is InChI=1S/C49H66O13/c1-27-26-57-46(42(56-7)41(27)61-37-25-36(55-6)39(50)29(3)58-37)60-33-20-22-47(4)32(24-33)18-19-35-38(47)40(51)43(62-45(53)31-16-12-9-13-17-31)48(5)34(21-23-49(35,48)54)28(2)59-44(52)30-14-10-8-11-15-30/h8-18,27-29,33-43,46,50-51,54H,19-26H2,1-7H3/t27-,28-,29+,33-,34+,35+,36+,37-,38+,39+,40-,41+,42-,43+,46+,47-,48-,49-/m0/s1. The third kappa shape index (κ3) is 7.87. The second-order valence-electron chi connectivity index (χ2n) is 19.3. The van der Waals surface area contributed by atoms with Crippen molar-refractivity contribution in [3.8, 4) is 0 Å². The Kier molecular flexibility index (Phi) is 13.1. The van der Waals surface area contributed by atoms with Gasteiger partial charge in [-0.25, -0.2) is 9.59 Å². The highest BCUT2D eigenvalue weighted by Gasteiger charge is 2.74. The summed E-state index contributed by atoms with van der Waals surface area (Å²) in [6.07, 6.45) is -1.11. The average molecular weight is 863 g/mol. The summed E-state index contributed by atoms with van der Waals surface area (Å²) in [4.78, 5) is 27.3. The minimum absolute atomic E-state index is 0.0264. The molecule has 2 saturated heterocycles. The summed E-state index contributed by atoms with van der Waals surface area (Å²) in [7, 11) is 3.20. The van der Waals surface area contributed by atoms with Crippen molar-refractivity contribution >= 4 is 11.9 Å². The monoisotopic (exact) mass is 862 g/mol. The van der Waals surface area contributed by atoms with Gasteiger partial charge in [0.1, 0.15) is 24.4 Å². The summed E-state index contributed by atoms with van der Waals surface area (Å²) in [6.45, 7) is 10.2. The number of esters is 2. The Morgan fingerprint density at radius 2 is 1.53 bits per heavy atom. The van der Waals surface area contributed by atoms with Gasteiger partial charge in [0.15, 0.2) is 12.6 Å². The van der Waals surface area contributed by atoms with Crippen molar-refractivity contribution in [3.63, 3.8) is 0 Å². The molecule has 5 fully saturated rings. The van der Waals surface area contributed by atoms with E-state index in [2.05, 4.69) is 13.0 Å². The normalized spacial score (nSPS) is 43.3. The molecule has 62 heavy (non-hydrogen) atoms. The van der Waals surface area contributed by atoms with Crippen molar-refractivity contribution in [2.75, 3.05) is 20.8 Å². The molecule has 2 heterocycles. The van der Waals surface area contributed by atoms with E-state index in [4.69, 9.17) is 37.9 Å². The Hall–Kier alpha value is -3.24. The van der Waals surface area contributed by atoms with E-state index in [1.807, 2.05) is 32.9 Å². The van der Waals surface area contributed by atoms with E-state index in [0.29, 0.717) is 62.7 Å². The lowest BCUT2D eigenvalue weighted by molar-refractivity contribution is -0.326. The van der Waals surface area contributed by atoms with Crippen LogP contribution in [0.25, 0.3) is 0 Å². The van der Waals surface area contributed by atoms with Crippen molar-refractivity contribution in [2.24, 2.45) is 34.5 Å². The molecule has 340 valence electrons. The van der Waals surface area contributed by atoms with E-state index in [9.17, 15) is 24.9 Å². The summed E-state index contributed by atoms with van der Waals surface area (Å²) >= 11 is 0. The molecule has 0 radical (unpaired) electrons. The third-order valence-electron chi connectivity index (χ3n) is 16.0. The van der Waals surface area contributed by atoms with E-state index >= 15 is 0 Å². The first-order valence-corrected chi connectivity index (χ1v) is 22.6. The lowest BCUT2D eigenvalue weighted by atomic mass is 9.44. The van der Waals surface area contributed by atoms with Crippen molar-refractivity contribution in [1.82, 2.24) is 0 Å². The maximum atomic E-state index is 14.0. The molecule has 0 spiro atoms. The molecule has 2 aliphatic heterocycles. The molecule has 0 bridgehead atoms. The SMILES string of the molecule is CO[C@@H]1[C@@H](O[C@H]2CC[C@@]3(C)C(=CC[C@@H]4[C@@H]3[C@H](O)[C@@H](OC(=O)c3ccccc3)[C@]3(C)[C@@H]([C@H](C)OC(=O)c5ccccc5)CC[C@]43O)C2)OC[C@H](C)[C@H]1O[C@H]1C[C@@H](OC)[C@H](O)[C@@H](C)O1. The number of carbonyl (C=O) groups is 2. The molecule has 2 aromatic carbocycles. The highest BCUT2D eigenvalue weighted by molar-refractivity contribution is 5.90. The van der Waals surface area contributed by atoms with Gasteiger partial charge in [0, 0.05) is 43.8 Å². The first kappa shape index (κ1) is 45.3. The molecule has 4 aliphatic carbocycles. The van der Waals surface area contributed by atoms with E-state index in [-0.39, 0.29) is 17.9 Å². The Labute approximate surface area is 365 Å². The van der Waals surface area contributed by atoms with Crippen LogP contribution >= 0.6 is 0 Å². The van der Waals surface area contributed by atoms with Crippen LogP contribution in [-0.4, -0.2) is 121 Å². The quantitative estimate of drug-likeness (QED) is 0.177. The van der Waals surface area contributed by atoms with Gasteiger partial charge in [-0.15, -0.1) is 0 Å². The summed E-state index contributed by atoms with van der Waals surface area (Å²) in [5.41, 5.74) is -1.17. The molecule has 8 rings (SSSR count). The maximum Gasteiger partial charge on any atom is 0.338 e. The Bertz CT molecular complexity index is 1910. The molecule has 18 atom stereocenters. The summed E-state index contributed by atoms with van der Waals surface area (Å²) in [5, 5.41) is 36.7. The average Bonchev–Trinajstić information content (AvgIpc) is 3.56. The molecule has 0 amide bonds. The second-order valence-corrected chi connectivity index (χ2v) is 19.3. The smallest absolute Gasteiger partial charge is 0.338 e. The van der Waals surface area contributed by atoms with Crippen molar-refractivity contribution in [1.29, 1.82) is 0 Å². The lowest BCUT2D eigenvalue weighted by Crippen LogP contribution is -2.72. The van der Waals surface area contributed by atoms with Gasteiger partial charge < -0.3 is 53.2 Å². The van der Waals surface area contributed by atoms with Gasteiger partial charge in [-0.3, -0.25) is 0 Å². The van der Waals surface area contributed by atoms with Gasteiger partial charge >= 0.3 is 11.9 Å². The fourth-order valence-electron chi connectivity index (χ4n) is 12.6. The van der Waals surface area contributed by atoms with Gasteiger partial charge in [-0.1, -0.05) is 68.8 Å². The molecule has 3 N–H and O–H groups in total. The van der Waals surface area contributed by atoms with Crippen LogP contribution in [0.15, 0.2) is 72.3 Å². The Morgan fingerprint density at radius 3 is 2.19 bits per heavy atom. The number of hydrogen-bond donors (Lipinski definition) is 3. The number of methoxy groups -OCH3 is 2. The number of benzene rings is 2. The van der Waals surface area contributed by atoms with Gasteiger partial charge in [0.2, 0.25) is 0 Å². The largest absolute Gasteiger partial charge is 0.459 e. The van der Waals surface area contributed by atoms with Gasteiger partial charge in [-0.05, 0) is 88.0 Å². The maximum absolute atomic E-state index is 14.0. The number of carbonyl (C=O) groups excluding carboxylic acids is 2. The number of allylic oxidation sites excluding steroid dienone is 1. The van der Waals surface area contributed by atoms with Crippen LogP contribution in [0, 0.1) is 34.5 Å². The summed E-state index contributed by atoms with van der Waals surface area (Å²) in [6, 6.07) is 17.5. The number of ether oxygens (including phenoxy) is 8. The summed E-state index contributed by atoms with van der Waals surface area (Å²) < 4.78 is 49.8. The number of aliphatic hydroxyl groups excluding tert-OH is 2. The molecule has 3 saturated carbocycles. The number of hydrogen-bond acceptors (Lipinski definition) is 13. The van der Waals surface area contributed by atoms with Crippen LogP contribution in [0.5, 0.6) is 0 Å². The van der Waals surface area contributed by atoms with Crippen molar-refractivity contribution < 1.29 is 62.8 Å². The lowest BCUT2D eigenvalue weighted by Gasteiger charge is -2.65. The zero-order chi connectivity index (χ0) is 44.1. The second kappa shape index (κ2) is 18.0. The Morgan fingerprint density at radius 1 is 0.855 bits per heavy atom. The van der Waals surface area contributed by atoms with Crippen LogP contribution in [0.2, 0.25) is 0 Å². The third-order valence-corrected chi connectivity index (χ3v) is 16.0.